The monoisotopic (exact) mass is 298 g/mol. The number of carbonyl (C=O) groups excluding carboxylic acids is 2. The van der Waals surface area contributed by atoms with E-state index in [0.717, 1.165) is 38.8 Å². The molecule has 0 bridgehead atoms. The first-order valence-corrected chi connectivity index (χ1v) is 7.74. The van der Waals surface area contributed by atoms with Crippen molar-refractivity contribution in [3.8, 4) is 0 Å². The van der Waals surface area contributed by atoms with Gasteiger partial charge in [0.1, 0.15) is 0 Å². The van der Waals surface area contributed by atoms with Crippen molar-refractivity contribution < 1.29 is 14.3 Å². The van der Waals surface area contributed by atoms with Crippen LogP contribution in [0.1, 0.15) is 25.7 Å². The first-order chi connectivity index (χ1) is 10.1. The number of imide groups is 1. The molecule has 1 aliphatic heterocycles. The molecule has 7 heteroatoms. The molecule has 1 atom stereocenters. The average Bonchev–Trinajstić information content (AvgIpc) is 2.91. The van der Waals surface area contributed by atoms with Crippen molar-refractivity contribution in [3.63, 3.8) is 0 Å². The Morgan fingerprint density at radius 1 is 1.33 bits per heavy atom. The van der Waals surface area contributed by atoms with Crippen molar-refractivity contribution in [1.29, 1.82) is 0 Å². The Morgan fingerprint density at radius 3 is 2.76 bits per heavy atom. The van der Waals surface area contributed by atoms with Crippen molar-refractivity contribution in [2.24, 2.45) is 0 Å². The van der Waals surface area contributed by atoms with Crippen molar-refractivity contribution in [3.05, 3.63) is 0 Å². The van der Waals surface area contributed by atoms with Gasteiger partial charge in [-0.25, -0.2) is 4.79 Å². The number of nitrogens with one attached hydrogen (secondary N) is 3. The fraction of sp³-hybridized carbons (Fsp3) is 0.857. The summed E-state index contributed by atoms with van der Waals surface area (Å²) in [6.07, 6.45) is 4.42. The Labute approximate surface area is 125 Å². The molecule has 0 radical (unpaired) electrons. The molecule has 1 aliphatic carbocycles. The average molecular weight is 298 g/mol. The van der Waals surface area contributed by atoms with E-state index in [2.05, 4.69) is 16.0 Å². The van der Waals surface area contributed by atoms with E-state index in [4.69, 9.17) is 4.74 Å². The van der Waals surface area contributed by atoms with Crippen LogP contribution in [0.5, 0.6) is 0 Å². The maximum absolute atomic E-state index is 11.8. The first kappa shape index (κ1) is 16.2. The molecule has 0 aromatic carbocycles. The molecule has 2 rings (SSSR count). The van der Waals surface area contributed by atoms with Gasteiger partial charge in [-0.05, 0) is 19.9 Å². The second kappa shape index (κ2) is 8.31. The fourth-order valence-electron chi connectivity index (χ4n) is 2.85. The lowest BCUT2D eigenvalue weighted by molar-refractivity contribution is -0.121. The van der Waals surface area contributed by atoms with Crippen molar-refractivity contribution >= 4 is 11.9 Å². The third kappa shape index (κ3) is 5.99. The Kier molecular flexibility index (Phi) is 6.41. The summed E-state index contributed by atoms with van der Waals surface area (Å²) in [5.74, 6) is -0.281. The minimum Gasteiger partial charge on any atom is -0.374 e. The maximum Gasteiger partial charge on any atom is 0.321 e. The third-order valence-electron chi connectivity index (χ3n) is 3.88. The summed E-state index contributed by atoms with van der Waals surface area (Å²) < 4.78 is 5.58. The van der Waals surface area contributed by atoms with Gasteiger partial charge in [0, 0.05) is 25.7 Å². The molecule has 0 spiro atoms. The molecule has 3 amide bonds. The zero-order valence-corrected chi connectivity index (χ0v) is 12.7. The van der Waals surface area contributed by atoms with Crippen LogP contribution in [0.2, 0.25) is 0 Å². The van der Waals surface area contributed by atoms with Crippen LogP contribution < -0.4 is 16.0 Å². The molecule has 2 fully saturated rings. The molecule has 1 heterocycles. The number of morpholine rings is 1. The van der Waals surface area contributed by atoms with Gasteiger partial charge in [-0.1, -0.05) is 12.8 Å². The van der Waals surface area contributed by atoms with E-state index in [1.54, 1.807) is 0 Å². The van der Waals surface area contributed by atoms with Crippen molar-refractivity contribution in [2.45, 2.75) is 37.8 Å². The molecule has 21 heavy (non-hydrogen) atoms. The molecule has 1 unspecified atom stereocenters. The third-order valence-corrected chi connectivity index (χ3v) is 3.88. The van der Waals surface area contributed by atoms with Gasteiger partial charge in [-0.3, -0.25) is 15.0 Å². The maximum atomic E-state index is 11.8. The van der Waals surface area contributed by atoms with Crippen molar-refractivity contribution in [1.82, 2.24) is 20.9 Å². The number of urea groups is 1. The summed E-state index contributed by atoms with van der Waals surface area (Å²) in [5.41, 5.74) is 0. The number of hydrogen-bond donors (Lipinski definition) is 3. The number of carbonyl (C=O) groups is 2. The summed E-state index contributed by atoms with van der Waals surface area (Å²) in [6.45, 7) is 3.24. The van der Waals surface area contributed by atoms with Crippen LogP contribution >= 0.6 is 0 Å². The highest BCUT2D eigenvalue weighted by molar-refractivity contribution is 5.95. The van der Waals surface area contributed by atoms with E-state index in [1.807, 2.05) is 11.9 Å². The van der Waals surface area contributed by atoms with Crippen LogP contribution in [0.15, 0.2) is 0 Å². The zero-order chi connectivity index (χ0) is 15.1. The van der Waals surface area contributed by atoms with Crippen LogP contribution in [0.4, 0.5) is 4.79 Å². The molecular formula is C14H26N4O3. The Hall–Kier alpha value is -1.18. The molecular weight excluding hydrogens is 272 g/mol. The van der Waals surface area contributed by atoms with Gasteiger partial charge < -0.3 is 15.4 Å². The van der Waals surface area contributed by atoms with E-state index in [9.17, 15) is 9.59 Å². The van der Waals surface area contributed by atoms with Gasteiger partial charge >= 0.3 is 6.03 Å². The van der Waals surface area contributed by atoms with Crippen LogP contribution in [-0.2, 0) is 9.53 Å². The first-order valence-electron chi connectivity index (χ1n) is 7.74. The Balaban J connectivity index is 1.61. The Bertz CT molecular complexity index is 352. The SMILES string of the molecule is CN(CC(=O)NC(=O)NC1CCCC1)CC1CNCCO1. The quantitative estimate of drug-likeness (QED) is 0.648. The number of hydrogen-bond acceptors (Lipinski definition) is 5. The van der Waals surface area contributed by atoms with E-state index in [1.165, 1.54) is 0 Å². The van der Waals surface area contributed by atoms with E-state index < -0.39 is 0 Å². The topological polar surface area (TPSA) is 82.7 Å². The highest BCUT2D eigenvalue weighted by Crippen LogP contribution is 2.17. The predicted molar refractivity (Wildman–Crippen MR) is 79.0 cm³/mol. The number of rotatable bonds is 5. The summed E-state index contributed by atoms with van der Waals surface area (Å²) in [6, 6.07) is -0.159. The van der Waals surface area contributed by atoms with Crippen LogP contribution in [0, 0.1) is 0 Å². The summed E-state index contributed by atoms with van der Waals surface area (Å²) in [7, 11) is 1.85. The second-order valence-corrected chi connectivity index (χ2v) is 5.90. The Morgan fingerprint density at radius 2 is 2.10 bits per heavy atom. The van der Waals surface area contributed by atoms with Crippen LogP contribution in [0.3, 0.4) is 0 Å². The molecule has 120 valence electrons. The molecule has 0 aromatic heterocycles. The minimum atomic E-state index is -0.379. The fourth-order valence-corrected chi connectivity index (χ4v) is 2.85. The summed E-state index contributed by atoms with van der Waals surface area (Å²) in [4.78, 5) is 25.4. The molecule has 3 N–H and O–H groups in total. The number of likely N-dealkylation sites (N-methyl/N-ethyl adjacent to an activating group) is 1. The second-order valence-electron chi connectivity index (χ2n) is 5.90. The van der Waals surface area contributed by atoms with Gasteiger partial charge in [-0.2, -0.15) is 0 Å². The van der Waals surface area contributed by atoms with Gasteiger partial charge in [-0.15, -0.1) is 0 Å². The van der Waals surface area contributed by atoms with Gasteiger partial charge in [0.2, 0.25) is 5.91 Å². The lowest BCUT2D eigenvalue weighted by Gasteiger charge is -2.27. The summed E-state index contributed by atoms with van der Waals surface area (Å²) in [5, 5.41) is 8.48. The molecule has 1 saturated carbocycles. The van der Waals surface area contributed by atoms with Gasteiger partial charge in [0.05, 0.1) is 19.3 Å². The largest absolute Gasteiger partial charge is 0.374 e. The number of nitrogens with zero attached hydrogens (tertiary/aromatic N) is 1. The summed E-state index contributed by atoms with van der Waals surface area (Å²) >= 11 is 0. The number of ether oxygens (including phenoxy) is 1. The van der Waals surface area contributed by atoms with Crippen LogP contribution in [-0.4, -0.2) is 68.8 Å². The molecule has 7 nitrogen and oxygen atoms in total. The molecule has 0 aromatic rings. The van der Waals surface area contributed by atoms with E-state index >= 15 is 0 Å². The van der Waals surface area contributed by atoms with E-state index in [-0.39, 0.29) is 30.6 Å². The van der Waals surface area contributed by atoms with Crippen LogP contribution in [0.25, 0.3) is 0 Å². The highest BCUT2D eigenvalue weighted by Gasteiger charge is 2.20. The normalized spacial score (nSPS) is 23.2. The minimum absolute atomic E-state index is 0.101. The van der Waals surface area contributed by atoms with Gasteiger partial charge in [0.25, 0.3) is 0 Å². The van der Waals surface area contributed by atoms with Crippen molar-refractivity contribution in [2.75, 3.05) is 39.8 Å². The molecule has 2 aliphatic rings. The van der Waals surface area contributed by atoms with E-state index in [0.29, 0.717) is 13.2 Å². The lowest BCUT2D eigenvalue weighted by atomic mass is 10.2. The zero-order valence-electron chi connectivity index (χ0n) is 12.7. The van der Waals surface area contributed by atoms with Gasteiger partial charge in [0.15, 0.2) is 0 Å². The standard InChI is InChI=1S/C14H26N4O3/c1-18(9-12-8-15-6-7-21-12)10-13(19)17-14(20)16-11-4-2-3-5-11/h11-12,15H,2-10H2,1H3,(H2,16,17,19,20). The lowest BCUT2D eigenvalue weighted by Crippen LogP contribution is -2.49. The highest BCUT2D eigenvalue weighted by atomic mass is 16.5. The smallest absolute Gasteiger partial charge is 0.321 e. The predicted octanol–water partition coefficient (Wildman–Crippen LogP) is -0.325. The molecule has 1 saturated heterocycles. The number of amides is 3.